The number of rotatable bonds is 12. The summed E-state index contributed by atoms with van der Waals surface area (Å²) in [7, 11) is 0. The minimum absolute atomic E-state index is 0.118. The number of aliphatic carboxylic acids is 1. The van der Waals surface area contributed by atoms with E-state index in [0.717, 1.165) is 16.5 Å². The number of hydrogen-bond donors (Lipinski definition) is 7. The Hall–Kier alpha value is -3.93. The minimum Gasteiger partial charge on any atom is -0.480 e. The van der Waals surface area contributed by atoms with Crippen LogP contribution in [0.3, 0.4) is 0 Å². The number of primary amides is 1. The van der Waals surface area contributed by atoms with Crippen LogP contribution >= 0.6 is 0 Å². The number of H-pyrrole nitrogens is 1. The molecule has 12 nitrogen and oxygen atoms in total. The number of carbonyl (C=O) groups excluding carboxylic acids is 4. The summed E-state index contributed by atoms with van der Waals surface area (Å²) >= 11 is 0. The van der Waals surface area contributed by atoms with Crippen LogP contribution in [0.5, 0.6) is 0 Å². The highest BCUT2D eigenvalue weighted by Gasteiger charge is 2.27. The summed E-state index contributed by atoms with van der Waals surface area (Å²) < 4.78 is 0. The molecule has 0 bridgehead atoms. The van der Waals surface area contributed by atoms with Gasteiger partial charge in [0, 0.05) is 23.5 Å². The lowest BCUT2D eigenvalue weighted by Crippen LogP contribution is -2.55. The Bertz CT molecular complexity index is 1070. The maximum atomic E-state index is 12.9. The average Bonchev–Trinajstić information content (AvgIpc) is 3.18. The highest BCUT2D eigenvalue weighted by atomic mass is 16.4. The Balaban J connectivity index is 2.12. The van der Waals surface area contributed by atoms with E-state index in [0.29, 0.717) is 0 Å². The number of aromatic amines is 1. The monoisotopic (exact) mass is 474 g/mol. The summed E-state index contributed by atoms with van der Waals surface area (Å²) in [5, 5.41) is 17.1. The minimum atomic E-state index is -1.52. The predicted octanol–water partition coefficient (Wildman–Crippen LogP) is -1.26. The molecule has 0 fully saturated rings. The van der Waals surface area contributed by atoms with Crippen molar-refractivity contribution in [2.45, 2.75) is 44.8 Å². The first kappa shape index (κ1) is 26.3. The molecule has 2 rings (SSSR count). The molecule has 0 aliphatic carbocycles. The van der Waals surface area contributed by atoms with Gasteiger partial charge in [-0.2, -0.15) is 0 Å². The zero-order chi connectivity index (χ0) is 25.4. The standard InChI is InChI=1S/C22H30N6O6/c1-11(2)19(24)21(32)28-15(7-12-9-25-14-6-4-3-5-13(12)14)20(31)26-10-18(30)27-16(22(33)34)8-17(23)29/h3-6,9,11,15-16,19,25H,7-8,10,24H2,1-2H3,(H2,23,29)(H,26,31)(H,27,30)(H,28,32)(H,33,34). The smallest absolute Gasteiger partial charge is 0.326 e. The number of nitrogens with two attached hydrogens (primary N) is 2. The first-order valence-corrected chi connectivity index (χ1v) is 10.7. The molecule has 184 valence electrons. The van der Waals surface area contributed by atoms with Crippen molar-refractivity contribution < 1.29 is 29.1 Å². The second-order valence-electron chi connectivity index (χ2n) is 8.24. The molecule has 1 heterocycles. The summed E-state index contributed by atoms with van der Waals surface area (Å²) in [6.07, 6.45) is 1.25. The fourth-order valence-corrected chi connectivity index (χ4v) is 3.24. The van der Waals surface area contributed by atoms with Gasteiger partial charge in [0.15, 0.2) is 0 Å². The van der Waals surface area contributed by atoms with Crippen molar-refractivity contribution in [1.29, 1.82) is 0 Å². The number of benzene rings is 1. The van der Waals surface area contributed by atoms with E-state index < -0.39 is 60.7 Å². The number of para-hydroxylation sites is 1. The molecule has 0 aliphatic rings. The van der Waals surface area contributed by atoms with Crippen LogP contribution in [0.15, 0.2) is 30.5 Å². The third kappa shape index (κ3) is 7.30. The fraction of sp³-hybridized carbons (Fsp3) is 0.409. The second kappa shape index (κ2) is 11.8. The van der Waals surface area contributed by atoms with Gasteiger partial charge in [-0.1, -0.05) is 32.0 Å². The van der Waals surface area contributed by atoms with Crippen molar-refractivity contribution in [3.8, 4) is 0 Å². The lowest BCUT2D eigenvalue weighted by Gasteiger charge is -2.22. The van der Waals surface area contributed by atoms with Crippen molar-refractivity contribution >= 4 is 40.5 Å². The highest BCUT2D eigenvalue weighted by Crippen LogP contribution is 2.19. The molecule has 0 saturated heterocycles. The van der Waals surface area contributed by atoms with Crippen LogP contribution in [0.25, 0.3) is 10.9 Å². The van der Waals surface area contributed by atoms with Crippen LogP contribution in [0.2, 0.25) is 0 Å². The Morgan fingerprint density at radius 2 is 1.71 bits per heavy atom. The van der Waals surface area contributed by atoms with Crippen molar-refractivity contribution in [3.05, 3.63) is 36.0 Å². The van der Waals surface area contributed by atoms with Gasteiger partial charge in [0.2, 0.25) is 23.6 Å². The van der Waals surface area contributed by atoms with Gasteiger partial charge in [-0.3, -0.25) is 19.2 Å². The quantitative estimate of drug-likeness (QED) is 0.198. The van der Waals surface area contributed by atoms with Crippen molar-refractivity contribution in [1.82, 2.24) is 20.9 Å². The molecule has 9 N–H and O–H groups in total. The van der Waals surface area contributed by atoms with Gasteiger partial charge in [0.1, 0.15) is 12.1 Å². The van der Waals surface area contributed by atoms with E-state index in [-0.39, 0.29) is 12.3 Å². The van der Waals surface area contributed by atoms with Crippen LogP contribution in [0.1, 0.15) is 25.8 Å². The lowest BCUT2D eigenvalue weighted by molar-refractivity contribution is -0.143. The molecule has 4 amide bonds. The Kier molecular flexibility index (Phi) is 9.13. The molecule has 0 radical (unpaired) electrons. The van der Waals surface area contributed by atoms with E-state index in [2.05, 4.69) is 20.9 Å². The Morgan fingerprint density at radius 1 is 1.03 bits per heavy atom. The molecule has 0 saturated carbocycles. The van der Waals surface area contributed by atoms with Crippen molar-refractivity contribution in [2.75, 3.05) is 6.54 Å². The first-order chi connectivity index (χ1) is 16.0. The zero-order valence-corrected chi connectivity index (χ0v) is 19.0. The molecule has 3 atom stereocenters. The van der Waals surface area contributed by atoms with Crippen molar-refractivity contribution in [3.63, 3.8) is 0 Å². The van der Waals surface area contributed by atoms with Gasteiger partial charge in [0.05, 0.1) is 19.0 Å². The lowest BCUT2D eigenvalue weighted by atomic mass is 10.0. The molecule has 1 aromatic carbocycles. The zero-order valence-electron chi connectivity index (χ0n) is 19.0. The number of aromatic nitrogens is 1. The number of hydrogen-bond acceptors (Lipinski definition) is 6. The van der Waals surface area contributed by atoms with Crippen LogP contribution in [0, 0.1) is 5.92 Å². The van der Waals surface area contributed by atoms with Gasteiger partial charge in [-0.05, 0) is 17.5 Å². The van der Waals surface area contributed by atoms with E-state index >= 15 is 0 Å². The van der Waals surface area contributed by atoms with Gasteiger partial charge in [0.25, 0.3) is 0 Å². The molecular weight excluding hydrogens is 444 g/mol. The number of nitrogens with one attached hydrogen (secondary N) is 4. The Morgan fingerprint density at radius 3 is 2.32 bits per heavy atom. The van der Waals surface area contributed by atoms with E-state index in [1.54, 1.807) is 20.0 Å². The molecule has 1 aromatic heterocycles. The average molecular weight is 475 g/mol. The molecule has 12 heteroatoms. The third-order valence-corrected chi connectivity index (χ3v) is 5.21. The van der Waals surface area contributed by atoms with Gasteiger partial charge in [-0.15, -0.1) is 0 Å². The molecule has 0 aliphatic heterocycles. The largest absolute Gasteiger partial charge is 0.480 e. The van der Waals surface area contributed by atoms with Crippen LogP contribution < -0.4 is 27.4 Å². The first-order valence-electron chi connectivity index (χ1n) is 10.7. The number of carboxylic acids is 1. The predicted molar refractivity (Wildman–Crippen MR) is 123 cm³/mol. The molecule has 34 heavy (non-hydrogen) atoms. The number of carboxylic acid groups (broad SMARTS) is 1. The van der Waals surface area contributed by atoms with Gasteiger partial charge >= 0.3 is 5.97 Å². The van der Waals surface area contributed by atoms with E-state index in [1.807, 2.05) is 24.3 Å². The van der Waals surface area contributed by atoms with Crippen LogP contribution in [-0.2, 0) is 30.4 Å². The van der Waals surface area contributed by atoms with E-state index in [9.17, 15) is 24.0 Å². The van der Waals surface area contributed by atoms with Crippen LogP contribution in [0.4, 0.5) is 0 Å². The molecule has 3 unspecified atom stereocenters. The van der Waals surface area contributed by atoms with Gasteiger partial charge in [-0.25, -0.2) is 4.79 Å². The maximum Gasteiger partial charge on any atom is 0.326 e. The SMILES string of the molecule is CC(C)C(N)C(=O)NC(Cc1c[nH]c2ccccc12)C(=O)NCC(=O)NC(CC(N)=O)C(=O)O. The van der Waals surface area contributed by atoms with Crippen molar-refractivity contribution in [2.24, 2.45) is 17.4 Å². The summed E-state index contributed by atoms with van der Waals surface area (Å²) in [6, 6.07) is 4.03. The summed E-state index contributed by atoms with van der Waals surface area (Å²) in [5.41, 5.74) is 12.5. The highest BCUT2D eigenvalue weighted by molar-refractivity contribution is 5.94. The third-order valence-electron chi connectivity index (χ3n) is 5.21. The second-order valence-corrected chi connectivity index (χ2v) is 8.24. The normalized spacial score (nSPS) is 13.6. The Labute approximate surface area is 195 Å². The summed E-state index contributed by atoms with van der Waals surface area (Å²) in [4.78, 5) is 62.8. The van der Waals surface area contributed by atoms with Crippen LogP contribution in [-0.4, -0.2) is 64.4 Å². The molecule has 0 spiro atoms. The van der Waals surface area contributed by atoms with E-state index in [4.69, 9.17) is 16.6 Å². The fourth-order valence-electron chi connectivity index (χ4n) is 3.24. The summed E-state index contributed by atoms with van der Waals surface area (Å²) in [6.45, 7) is 2.97. The van der Waals surface area contributed by atoms with E-state index in [1.165, 1.54) is 0 Å². The van der Waals surface area contributed by atoms with Gasteiger partial charge < -0.3 is 37.5 Å². The molecular formula is C22H30N6O6. The summed E-state index contributed by atoms with van der Waals surface area (Å²) in [5.74, 6) is -4.53. The number of fused-ring (bicyclic) bond motifs is 1. The maximum absolute atomic E-state index is 12.9. The topological polar surface area (TPSA) is 209 Å². The number of amides is 4. The molecule has 2 aromatic rings. The number of carbonyl (C=O) groups is 5.